The molecule has 6 nitrogen and oxygen atoms in total. The van der Waals surface area contributed by atoms with E-state index >= 15 is 0 Å². The van der Waals surface area contributed by atoms with E-state index in [4.69, 9.17) is 5.10 Å². The van der Waals surface area contributed by atoms with Crippen LogP contribution in [-0.4, -0.2) is 50.4 Å². The Kier molecular flexibility index (Phi) is 3.26. The molecule has 0 spiro atoms. The molecule has 4 aliphatic rings. The molecule has 6 heteroatoms. The molecule has 3 saturated heterocycles. The lowest BCUT2D eigenvalue weighted by Gasteiger charge is -2.45. The van der Waals surface area contributed by atoms with Gasteiger partial charge < -0.3 is 14.8 Å². The third kappa shape index (κ3) is 2.32. The Hall–Kier alpha value is -1.66. The van der Waals surface area contributed by atoms with Crippen molar-refractivity contribution in [3.63, 3.8) is 0 Å². The van der Waals surface area contributed by atoms with E-state index in [1.54, 1.807) is 0 Å². The highest BCUT2D eigenvalue weighted by atomic mass is 15.3. The van der Waals surface area contributed by atoms with Crippen LogP contribution in [-0.2, 0) is 13.1 Å². The smallest absolute Gasteiger partial charge is 0.160 e. The van der Waals surface area contributed by atoms with Crippen LogP contribution in [0, 0.1) is 5.92 Å². The Morgan fingerprint density at radius 3 is 2.91 bits per heavy atom. The van der Waals surface area contributed by atoms with Gasteiger partial charge >= 0.3 is 0 Å². The summed E-state index contributed by atoms with van der Waals surface area (Å²) in [5, 5.41) is 8.32. The first-order chi connectivity index (χ1) is 11.4. The van der Waals surface area contributed by atoms with E-state index in [2.05, 4.69) is 36.7 Å². The monoisotopic (exact) mass is 312 g/mol. The molecule has 0 aromatic carbocycles. The molecule has 6 rings (SSSR count). The Bertz CT molecular complexity index is 670. The Balaban J connectivity index is 1.49. The van der Waals surface area contributed by atoms with Crippen LogP contribution in [0.15, 0.2) is 18.5 Å². The highest BCUT2D eigenvalue weighted by molar-refractivity contribution is 5.51. The number of hydrogen-bond donors (Lipinski definition) is 1. The van der Waals surface area contributed by atoms with Crippen molar-refractivity contribution in [3.8, 4) is 11.5 Å². The number of fused-ring (bicyclic) bond motifs is 4. The summed E-state index contributed by atoms with van der Waals surface area (Å²) in [7, 11) is 0. The predicted molar refractivity (Wildman–Crippen MR) is 88.0 cm³/mol. The standard InChI is InChI=1S/C17H24N6/c1-4-18-11-14-10-15(20-23(14)6-1)17-19-5-9-22(17)16-12-21-7-2-13(16)3-8-21/h5,9-10,13,16,18H,1-4,6-8,11-12H2/t16-/m1/s1. The van der Waals surface area contributed by atoms with E-state index in [0.29, 0.717) is 6.04 Å². The molecular formula is C17H24N6. The second-order valence-corrected chi connectivity index (χ2v) is 7.14. The molecule has 1 N–H and O–H groups in total. The fourth-order valence-corrected chi connectivity index (χ4v) is 4.50. The Labute approximate surface area is 136 Å². The molecule has 4 aliphatic heterocycles. The van der Waals surface area contributed by atoms with Gasteiger partial charge in [0.1, 0.15) is 5.69 Å². The van der Waals surface area contributed by atoms with Crippen LogP contribution >= 0.6 is 0 Å². The highest BCUT2D eigenvalue weighted by Gasteiger charge is 2.36. The molecule has 2 aromatic rings. The van der Waals surface area contributed by atoms with E-state index in [9.17, 15) is 0 Å². The van der Waals surface area contributed by atoms with E-state index < -0.39 is 0 Å². The normalized spacial score (nSPS) is 30.2. The summed E-state index contributed by atoms with van der Waals surface area (Å²) in [4.78, 5) is 7.26. The number of nitrogens with one attached hydrogen (secondary N) is 1. The largest absolute Gasteiger partial charge is 0.325 e. The minimum absolute atomic E-state index is 0.564. The maximum Gasteiger partial charge on any atom is 0.160 e. The Morgan fingerprint density at radius 2 is 2.09 bits per heavy atom. The molecular weight excluding hydrogens is 288 g/mol. The lowest BCUT2D eigenvalue weighted by Crippen LogP contribution is -2.48. The molecule has 1 atom stereocenters. The van der Waals surface area contributed by atoms with Gasteiger partial charge in [-0.25, -0.2) is 4.98 Å². The van der Waals surface area contributed by atoms with Crippen LogP contribution < -0.4 is 5.32 Å². The third-order valence-corrected chi connectivity index (χ3v) is 5.77. The van der Waals surface area contributed by atoms with E-state index in [1.807, 2.05) is 6.20 Å². The molecule has 122 valence electrons. The number of aryl methyl sites for hydroxylation is 1. The number of aromatic nitrogens is 4. The summed E-state index contributed by atoms with van der Waals surface area (Å²) < 4.78 is 4.55. The summed E-state index contributed by atoms with van der Waals surface area (Å²) >= 11 is 0. The quantitative estimate of drug-likeness (QED) is 0.913. The molecule has 2 bridgehead atoms. The summed E-state index contributed by atoms with van der Waals surface area (Å²) in [5.74, 6) is 1.85. The molecule has 6 heterocycles. The van der Waals surface area contributed by atoms with Crippen molar-refractivity contribution in [2.45, 2.75) is 38.4 Å². The van der Waals surface area contributed by atoms with Crippen LogP contribution in [0.1, 0.15) is 31.0 Å². The first-order valence-electron chi connectivity index (χ1n) is 8.91. The van der Waals surface area contributed by atoms with Gasteiger partial charge in [0.2, 0.25) is 0 Å². The molecule has 3 fully saturated rings. The molecule has 0 saturated carbocycles. The van der Waals surface area contributed by atoms with Gasteiger partial charge in [0.15, 0.2) is 5.82 Å². The lowest BCUT2D eigenvalue weighted by atomic mass is 9.84. The van der Waals surface area contributed by atoms with E-state index in [-0.39, 0.29) is 0 Å². The third-order valence-electron chi connectivity index (χ3n) is 5.77. The van der Waals surface area contributed by atoms with Gasteiger partial charge in [0.25, 0.3) is 0 Å². The van der Waals surface area contributed by atoms with Gasteiger partial charge in [0, 0.05) is 32.0 Å². The zero-order valence-electron chi connectivity index (χ0n) is 13.5. The fourth-order valence-electron chi connectivity index (χ4n) is 4.50. The van der Waals surface area contributed by atoms with Gasteiger partial charge in [-0.15, -0.1) is 0 Å². The molecule has 2 aromatic heterocycles. The zero-order chi connectivity index (χ0) is 15.2. The van der Waals surface area contributed by atoms with Crippen molar-refractivity contribution >= 4 is 0 Å². The second-order valence-electron chi connectivity index (χ2n) is 7.14. The maximum atomic E-state index is 4.85. The maximum absolute atomic E-state index is 4.85. The topological polar surface area (TPSA) is 50.9 Å². The van der Waals surface area contributed by atoms with Crippen LogP contribution in [0.5, 0.6) is 0 Å². The number of rotatable bonds is 2. The zero-order valence-corrected chi connectivity index (χ0v) is 13.5. The summed E-state index contributed by atoms with van der Waals surface area (Å²) in [6.07, 6.45) is 7.89. The van der Waals surface area contributed by atoms with Gasteiger partial charge in [-0.2, -0.15) is 5.10 Å². The van der Waals surface area contributed by atoms with Crippen molar-refractivity contribution in [1.82, 2.24) is 29.5 Å². The molecule has 23 heavy (non-hydrogen) atoms. The minimum Gasteiger partial charge on any atom is -0.325 e. The van der Waals surface area contributed by atoms with Crippen LogP contribution in [0.25, 0.3) is 11.5 Å². The van der Waals surface area contributed by atoms with Gasteiger partial charge in [-0.1, -0.05) is 0 Å². The number of piperidine rings is 3. The number of imidazole rings is 1. The summed E-state index contributed by atoms with van der Waals surface area (Å²) in [5.41, 5.74) is 2.31. The molecule has 0 amide bonds. The molecule has 0 radical (unpaired) electrons. The van der Waals surface area contributed by atoms with Gasteiger partial charge in [0.05, 0.1) is 11.7 Å². The second kappa shape index (κ2) is 5.46. The Morgan fingerprint density at radius 1 is 1.17 bits per heavy atom. The number of hydrogen-bond acceptors (Lipinski definition) is 4. The van der Waals surface area contributed by atoms with Gasteiger partial charge in [-0.05, 0) is 50.9 Å². The van der Waals surface area contributed by atoms with Crippen molar-refractivity contribution in [2.24, 2.45) is 5.92 Å². The first-order valence-corrected chi connectivity index (χ1v) is 8.91. The van der Waals surface area contributed by atoms with Crippen molar-refractivity contribution in [3.05, 3.63) is 24.2 Å². The average molecular weight is 312 g/mol. The van der Waals surface area contributed by atoms with Crippen molar-refractivity contribution < 1.29 is 0 Å². The minimum atomic E-state index is 0.564. The van der Waals surface area contributed by atoms with Crippen LogP contribution in [0.4, 0.5) is 0 Å². The lowest BCUT2D eigenvalue weighted by molar-refractivity contribution is 0.0577. The number of nitrogens with zero attached hydrogens (tertiary/aromatic N) is 5. The van der Waals surface area contributed by atoms with Gasteiger partial charge in [-0.3, -0.25) is 4.68 Å². The van der Waals surface area contributed by atoms with Crippen LogP contribution in [0.2, 0.25) is 0 Å². The van der Waals surface area contributed by atoms with Crippen LogP contribution in [0.3, 0.4) is 0 Å². The SMILES string of the molecule is c1cn([C@@H]2CN3CCC2CC3)c(-c2cc3n(n2)CCCNC3)n1. The highest BCUT2D eigenvalue weighted by Crippen LogP contribution is 2.37. The average Bonchev–Trinajstić information content (AvgIpc) is 3.18. The summed E-state index contributed by atoms with van der Waals surface area (Å²) in [6.45, 7) is 6.71. The fraction of sp³-hybridized carbons (Fsp3) is 0.647. The van der Waals surface area contributed by atoms with E-state index in [1.165, 1.54) is 38.2 Å². The van der Waals surface area contributed by atoms with Crippen molar-refractivity contribution in [1.29, 1.82) is 0 Å². The van der Waals surface area contributed by atoms with Crippen molar-refractivity contribution in [2.75, 3.05) is 26.2 Å². The van der Waals surface area contributed by atoms with E-state index in [0.717, 1.165) is 43.5 Å². The summed E-state index contributed by atoms with van der Waals surface area (Å²) in [6, 6.07) is 2.79. The molecule has 0 unspecified atom stereocenters. The first kappa shape index (κ1) is 13.7. The molecule has 0 aliphatic carbocycles. The predicted octanol–water partition coefficient (Wildman–Crippen LogP) is 1.51.